The van der Waals surface area contributed by atoms with E-state index in [4.69, 9.17) is 0 Å². The zero-order chi connectivity index (χ0) is 22.5. The van der Waals surface area contributed by atoms with Gasteiger partial charge >= 0.3 is 0 Å². The molecule has 0 fully saturated rings. The summed E-state index contributed by atoms with van der Waals surface area (Å²) in [5.74, 6) is 0.833. The van der Waals surface area contributed by atoms with Gasteiger partial charge in [-0.05, 0) is 41.5 Å². The zero-order valence-electron chi connectivity index (χ0n) is 19.5. The monoisotopic (exact) mass is 408 g/mol. The topological polar surface area (TPSA) is 0 Å². The maximum Gasteiger partial charge on any atom is 0.0692 e. The lowest BCUT2D eigenvalue weighted by molar-refractivity contribution is 0.737. The molecule has 0 aromatic heterocycles. The van der Waals surface area contributed by atoms with Crippen molar-refractivity contribution in [2.24, 2.45) is 5.92 Å². The number of hydrogen-bond acceptors (Lipinski definition) is 0. The molecule has 1 aliphatic carbocycles. The van der Waals surface area contributed by atoms with Crippen LogP contribution in [-0.2, 0) is 5.41 Å². The Morgan fingerprint density at radius 1 is 0.839 bits per heavy atom. The number of benzene rings is 2. The molecule has 0 saturated carbocycles. The second-order valence-electron chi connectivity index (χ2n) is 8.31. The van der Waals surface area contributed by atoms with Gasteiger partial charge in [0, 0.05) is 0 Å². The molecule has 0 amide bonds. The van der Waals surface area contributed by atoms with Gasteiger partial charge in [-0.15, -0.1) is 0 Å². The maximum atomic E-state index is 4.53. The molecule has 3 rings (SSSR count). The van der Waals surface area contributed by atoms with Crippen molar-refractivity contribution in [2.75, 3.05) is 0 Å². The summed E-state index contributed by atoms with van der Waals surface area (Å²) < 4.78 is 0. The second kappa shape index (κ2) is 12.5. The Bertz CT molecular complexity index is 905. The van der Waals surface area contributed by atoms with Gasteiger partial charge in [0.1, 0.15) is 0 Å². The molecule has 0 nitrogen and oxygen atoms in total. The van der Waals surface area contributed by atoms with Crippen molar-refractivity contribution < 1.29 is 0 Å². The molecule has 2 aromatic rings. The molecule has 0 spiro atoms. The molecule has 0 atom stereocenters. The van der Waals surface area contributed by atoms with Crippen LogP contribution in [0.25, 0.3) is 0 Å². The van der Waals surface area contributed by atoms with Gasteiger partial charge in [0.15, 0.2) is 0 Å². The standard InChI is InChI=1S/C27H26.C4H10/c1-3-4-9-17-24-18-11-6-5-10-16-23(2)27(24,25-19-12-7-13-20-25)26-21-14-8-15-22-26;1-4(2)3/h3-10,12-22H,2,11H2,1H3;4H,1-3H3/b4-3-,6-5-,16-10-,17-9-,24-18-;. The minimum atomic E-state index is -0.427. The lowest BCUT2D eigenvalue weighted by Crippen LogP contribution is -2.31. The summed E-state index contributed by atoms with van der Waals surface area (Å²) in [7, 11) is 0. The van der Waals surface area contributed by atoms with E-state index in [2.05, 4.69) is 137 Å². The average Bonchev–Trinajstić information content (AvgIpc) is 2.84. The normalized spacial score (nSPS) is 19.6. The molecule has 31 heavy (non-hydrogen) atoms. The van der Waals surface area contributed by atoms with Crippen LogP contribution in [-0.4, -0.2) is 0 Å². The van der Waals surface area contributed by atoms with Crippen LogP contribution in [0.3, 0.4) is 0 Å². The lowest BCUT2D eigenvalue weighted by Gasteiger charge is -2.38. The molecule has 160 valence electrons. The predicted molar refractivity (Wildman–Crippen MR) is 138 cm³/mol. The molecule has 0 N–H and O–H groups in total. The molecule has 0 saturated heterocycles. The van der Waals surface area contributed by atoms with Gasteiger partial charge in [-0.1, -0.05) is 143 Å². The third-order valence-electron chi connectivity index (χ3n) is 4.93. The Morgan fingerprint density at radius 2 is 1.39 bits per heavy atom. The molecule has 0 bridgehead atoms. The highest BCUT2D eigenvalue weighted by molar-refractivity contribution is 5.62. The van der Waals surface area contributed by atoms with E-state index in [1.165, 1.54) is 16.7 Å². The van der Waals surface area contributed by atoms with Crippen molar-refractivity contribution in [1.29, 1.82) is 0 Å². The summed E-state index contributed by atoms with van der Waals surface area (Å²) >= 11 is 0. The van der Waals surface area contributed by atoms with Crippen molar-refractivity contribution in [3.63, 3.8) is 0 Å². The van der Waals surface area contributed by atoms with E-state index in [0.29, 0.717) is 0 Å². The smallest absolute Gasteiger partial charge is 0.0692 e. The molecule has 1 aliphatic rings. The van der Waals surface area contributed by atoms with Crippen LogP contribution in [0.4, 0.5) is 0 Å². The van der Waals surface area contributed by atoms with E-state index < -0.39 is 5.41 Å². The minimum absolute atomic E-state index is 0.427. The third kappa shape index (κ3) is 6.43. The van der Waals surface area contributed by atoms with E-state index in [1.54, 1.807) is 0 Å². The van der Waals surface area contributed by atoms with Gasteiger partial charge in [0.25, 0.3) is 0 Å². The Hall–Kier alpha value is -3.12. The highest BCUT2D eigenvalue weighted by atomic mass is 14.4. The van der Waals surface area contributed by atoms with Gasteiger partial charge in [-0.3, -0.25) is 0 Å². The van der Waals surface area contributed by atoms with E-state index >= 15 is 0 Å². The lowest BCUT2D eigenvalue weighted by atomic mass is 9.64. The fraction of sp³-hybridized carbons (Fsp3) is 0.226. The van der Waals surface area contributed by atoms with Gasteiger partial charge in [-0.2, -0.15) is 0 Å². The van der Waals surface area contributed by atoms with Gasteiger partial charge in [0.2, 0.25) is 0 Å². The number of allylic oxidation sites excluding steroid dienone is 11. The summed E-state index contributed by atoms with van der Waals surface area (Å²) in [5, 5.41) is 0. The molecule has 0 aliphatic heterocycles. The van der Waals surface area contributed by atoms with Crippen LogP contribution < -0.4 is 0 Å². The van der Waals surface area contributed by atoms with Crippen LogP contribution in [0.2, 0.25) is 0 Å². The fourth-order valence-electron chi connectivity index (χ4n) is 3.70. The van der Waals surface area contributed by atoms with Crippen molar-refractivity contribution >= 4 is 0 Å². The van der Waals surface area contributed by atoms with Gasteiger partial charge < -0.3 is 0 Å². The summed E-state index contributed by atoms with van der Waals surface area (Å²) in [6, 6.07) is 21.4. The average molecular weight is 409 g/mol. The number of hydrogen-bond donors (Lipinski definition) is 0. The van der Waals surface area contributed by atoms with E-state index in [-0.39, 0.29) is 0 Å². The zero-order valence-corrected chi connectivity index (χ0v) is 19.5. The van der Waals surface area contributed by atoms with Crippen LogP contribution >= 0.6 is 0 Å². The highest BCUT2D eigenvalue weighted by Crippen LogP contribution is 2.46. The Labute approximate surface area is 189 Å². The first kappa shape index (κ1) is 24.2. The number of rotatable bonds is 4. The van der Waals surface area contributed by atoms with Crippen LogP contribution in [0, 0.1) is 5.92 Å². The Morgan fingerprint density at radius 3 is 1.90 bits per heavy atom. The molecule has 0 radical (unpaired) electrons. The van der Waals surface area contributed by atoms with Crippen molar-refractivity contribution in [3.8, 4) is 0 Å². The SMILES string of the molecule is C=C1/C=C\C=C/C/C=C(/C=C\C=C/C)C1(c1ccccc1)c1ccccc1.CC(C)C. The molecule has 2 aromatic carbocycles. The fourth-order valence-corrected chi connectivity index (χ4v) is 3.70. The van der Waals surface area contributed by atoms with Crippen LogP contribution in [0.1, 0.15) is 45.2 Å². The second-order valence-corrected chi connectivity index (χ2v) is 8.31. The first-order valence-corrected chi connectivity index (χ1v) is 11.2. The van der Waals surface area contributed by atoms with Crippen molar-refractivity contribution in [2.45, 2.75) is 39.5 Å². The molecular formula is C31H36. The highest BCUT2D eigenvalue weighted by Gasteiger charge is 2.38. The summed E-state index contributed by atoms with van der Waals surface area (Å²) in [6.45, 7) is 13.1. The van der Waals surface area contributed by atoms with Crippen LogP contribution in [0.5, 0.6) is 0 Å². The van der Waals surface area contributed by atoms with E-state index in [0.717, 1.165) is 17.9 Å². The molecule has 0 unspecified atom stereocenters. The summed E-state index contributed by atoms with van der Waals surface area (Å²) in [5.41, 5.74) is 4.32. The molecule has 0 heterocycles. The Kier molecular flexibility index (Phi) is 9.78. The predicted octanol–water partition coefficient (Wildman–Crippen LogP) is 8.77. The van der Waals surface area contributed by atoms with Crippen LogP contribution in [0.15, 0.2) is 133 Å². The molecule has 0 heteroatoms. The van der Waals surface area contributed by atoms with Crippen molar-refractivity contribution in [1.82, 2.24) is 0 Å². The maximum absolute atomic E-state index is 4.53. The van der Waals surface area contributed by atoms with Gasteiger partial charge in [0.05, 0.1) is 5.41 Å². The first-order valence-electron chi connectivity index (χ1n) is 11.2. The Balaban J connectivity index is 0.000000785. The minimum Gasteiger partial charge on any atom is -0.0942 e. The third-order valence-corrected chi connectivity index (χ3v) is 4.93. The van der Waals surface area contributed by atoms with Crippen molar-refractivity contribution in [3.05, 3.63) is 144 Å². The first-order chi connectivity index (χ1) is 15.0. The molecular weight excluding hydrogens is 372 g/mol. The summed E-state index contributed by atoms with van der Waals surface area (Å²) in [4.78, 5) is 0. The van der Waals surface area contributed by atoms with E-state index in [9.17, 15) is 0 Å². The summed E-state index contributed by atoms with van der Waals surface area (Å²) in [6.07, 6.45) is 20.2. The van der Waals surface area contributed by atoms with Gasteiger partial charge in [-0.25, -0.2) is 0 Å². The van der Waals surface area contributed by atoms with E-state index in [1.807, 2.05) is 13.0 Å². The quantitative estimate of drug-likeness (QED) is 0.443. The largest absolute Gasteiger partial charge is 0.0942 e.